The number of aliphatic hydroxyl groups excluding tert-OH is 1. The molecule has 0 radical (unpaired) electrons. The van der Waals surface area contributed by atoms with Crippen molar-refractivity contribution in [3.8, 4) is 0 Å². The summed E-state index contributed by atoms with van der Waals surface area (Å²) in [7, 11) is 1.56. The van der Waals surface area contributed by atoms with Crippen LogP contribution in [-0.2, 0) is 39.7 Å². The van der Waals surface area contributed by atoms with E-state index in [1.54, 1.807) is 25.9 Å². The van der Waals surface area contributed by atoms with Crippen LogP contribution in [0, 0.1) is 17.8 Å². The lowest BCUT2D eigenvalue weighted by Crippen LogP contribution is -2.62. The maximum absolute atomic E-state index is 14.3. The van der Waals surface area contributed by atoms with E-state index in [1.165, 1.54) is 6.92 Å². The molecule has 3 heterocycles. The normalized spacial score (nSPS) is 38.4. The molecule has 15 nitrogen and oxygen atoms in total. The zero-order chi connectivity index (χ0) is 39.8. The highest BCUT2D eigenvalue weighted by Crippen LogP contribution is 2.40. The lowest BCUT2D eigenvalue weighted by molar-refractivity contribution is -0.288. The van der Waals surface area contributed by atoms with Crippen molar-refractivity contribution in [2.24, 2.45) is 28.6 Å². The number of ether oxygens (including phenoxy) is 5. The van der Waals surface area contributed by atoms with E-state index in [-0.39, 0.29) is 18.1 Å². The summed E-state index contributed by atoms with van der Waals surface area (Å²) < 4.78 is 31.2. The summed E-state index contributed by atoms with van der Waals surface area (Å²) in [6, 6.07) is 8.39. The number of ketones is 1. The van der Waals surface area contributed by atoms with Crippen LogP contribution in [0.3, 0.4) is 0 Å². The Hall–Kier alpha value is -3.30. The highest BCUT2D eigenvalue weighted by atomic mass is 16.7. The van der Waals surface area contributed by atoms with Crippen molar-refractivity contribution in [1.82, 2.24) is 10.2 Å². The molecule has 0 aromatic heterocycles. The second kappa shape index (κ2) is 19.0. The number of azide groups is 1. The van der Waals surface area contributed by atoms with Gasteiger partial charge in [0.15, 0.2) is 17.7 Å². The first kappa shape index (κ1) is 43.4. The second-order valence-corrected chi connectivity index (χ2v) is 15.9. The molecule has 0 saturated carbocycles. The van der Waals surface area contributed by atoms with Crippen LogP contribution in [0.5, 0.6) is 0 Å². The van der Waals surface area contributed by atoms with Crippen LogP contribution in [0.4, 0.5) is 4.79 Å². The van der Waals surface area contributed by atoms with Crippen molar-refractivity contribution in [3.05, 3.63) is 46.3 Å². The van der Waals surface area contributed by atoms with Gasteiger partial charge in [0.1, 0.15) is 18.1 Å². The molecule has 0 spiro atoms. The number of esters is 1. The van der Waals surface area contributed by atoms with Crippen LogP contribution in [0.15, 0.2) is 35.4 Å². The summed E-state index contributed by atoms with van der Waals surface area (Å²) >= 11 is 0. The van der Waals surface area contributed by atoms with Crippen molar-refractivity contribution in [1.29, 1.82) is 0 Å². The number of hydrogen-bond acceptors (Lipinski definition) is 12. The first-order valence-electron chi connectivity index (χ1n) is 19.4. The Kier molecular flexibility index (Phi) is 15.3. The highest BCUT2D eigenvalue weighted by molar-refractivity contribution is 6.00. The number of amides is 1. The summed E-state index contributed by atoms with van der Waals surface area (Å²) in [5, 5.41) is 18.5. The van der Waals surface area contributed by atoms with Crippen molar-refractivity contribution in [3.63, 3.8) is 0 Å². The highest BCUT2D eigenvalue weighted by Gasteiger charge is 2.59. The first-order valence-corrected chi connectivity index (χ1v) is 19.4. The number of benzene rings is 1. The minimum absolute atomic E-state index is 0.0658. The van der Waals surface area contributed by atoms with Gasteiger partial charge in [-0.2, -0.15) is 0 Å². The van der Waals surface area contributed by atoms with Gasteiger partial charge in [-0.25, -0.2) is 4.79 Å². The van der Waals surface area contributed by atoms with Gasteiger partial charge in [0.25, 0.3) is 0 Å². The van der Waals surface area contributed by atoms with Gasteiger partial charge in [-0.15, -0.1) is 0 Å². The Labute approximate surface area is 319 Å². The van der Waals surface area contributed by atoms with Gasteiger partial charge in [-0.05, 0) is 89.8 Å². The van der Waals surface area contributed by atoms with Crippen LogP contribution in [0.25, 0.3) is 10.4 Å². The maximum Gasteiger partial charge on any atom is 0.410 e. The van der Waals surface area contributed by atoms with Gasteiger partial charge in [0.05, 0.1) is 23.9 Å². The number of Topliss-reactive ketones (excluding diaryl/α,β-unsaturated/α-hetero) is 1. The quantitative estimate of drug-likeness (QED) is 0.0706. The number of methoxy groups -OCH3 is 1. The summed E-state index contributed by atoms with van der Waals surface area (Å²) in [4.78, 5) is 46.7. The lowest BCUT2D eigenvalue weighted by atomic mass is 9.78. The predicted octanol–water partition coefficient (Wildman–Crippen LogP) is 4.67. The Morgan fingerprint density at radius 3 is 2.48 bits per heavy atom. The molecule has 13 atom stereocenters. The van der Waals surface area contributed by atoms with E-state index >= 15 is 0 Å². The van der Waals surface area contributed by atoms with Crippen molar-refractivity contribution in [2.45, 2.75) is 147 Å². The minimum Gasteiger partial charge on any atom is -0.458 e. The third-order valence-electron chi connectivity index (χ3n) is 11.6. The molecule has 2 unspecified atom stereocenters. The summed E-state index contributed by atoms with van der Waals surface area (Å²) in [6.07, 6.45) is -2.10. The van der Waals surface area contributed by atoms with E-state index in [9.17, 15) is 19.5 Å². The number of nitrogens with one attached hydrogen (secondary N) is 1. The van der Waals surface area contributed by atoms with Crippen molar-refractivity contribution >= 4 is 17.8 Å². The molecule has 4 N–H and O–H groups in total. The van der Waals surface area contributed by atoms with E-state index in [2.05, 4.69) is 22.3 Å². The number of nitrogens with two attached hydrogens (primary N) is 1. The minimum atomic E-state index is -1.30. The molecule has 3 fully saturated rings. The van der Waals surface area contributed by atoms with Crippen LogP contribution in [-0.4, -0.2) is 115 Å². The largest absolute Gasteiger partial charge is 0.458 e. The van der Waals surface area contributed by atoms with Gasteiger partial charge >= 0.3 is 12.1 Å². The fourth-order valence-corrected chi connectivity index (χ4v) is 8.58. The molecule has 0 aliphatic carbocycles. The van der Waals surface area contributed by atoms with E-state index in [0.29, 0.717) is 58.2 Å². The van der Waals surface area contributed by atoms with E-state index in [1.807, 2.05) is 51.1 Å². The van der Waals surface area contributed by atoms with E-state index < -0.39 is 77.6 Å². The van der Waals surface area contributed by atoms with Gasteiger partial charge < -0.3 is 39.8 Å². The number of carbonyl (C=O) groups is 3. The Morgan fingerprint density at radius 1 is 1.13 bits per heavy atom. The molecule has 0 bridgehead atoms. The number of cyclic esters (lactones) is 1. The number of hydrogen-bond donors (Lipinski definition) is 3. The number of rotatable bonds is 11. The fourth-order valence-electron chi connectivity index (χ4n) is 8.58. The molecule has 54 heavy (non-hydrogen) atoms. The standard InChI is InChI=1S/C39H62N6O9/c1-9-30-39(7)33(45(37(49)54-39)18-14-13-17-43-44-41)29(20-27-15-11-10-12-16-27)42-22-23(2)21-38(6,50-8)34(25(4)31(46)26(5)35(48)52-30)53-36-32(47)28(40)19-24(3)51-36/h10-12,15-16,23-26,28-30,32-34,36,42,47H,9,13-14,17-22,40H2,1-8H3/t23-,24-,25+,26-,28?,29-,30-,32?,33-,34-,36+,38-,39-/m1/s1. The monoisotopic (exact) mass is 758 g/mol. The second-order valence-electron chi connectivity index (χ2n) is 15.9. The molecule has 1 aromatic carbocycles. The summed E-state index contributed by atoms with van der Waals surface area (Å²) in [5.41, 5.74) is 13.7. The molecular weight excluding hydrogens is 696 g/mol. The average Bonchev–Trinajstić information content (AvgIpc) is 3.40. The smallest absolute Gasteiger partial charge is 0.410 e. The third-order valence-corrected chi connectivity index (χ3v) is 11.6. The zero-order valence-electron chi connectivity index (χ0n) is 33.2. The fraction of sp³-hybridized carbons (Fsp3) is 0.769. The van der Waals surface area contributed by atoms with Crippen molar-refractivity contribution in [2.75, 3.05) is 26.7 Å². The molecular formula is C39H62N6O9. The van der Waals surface area contributed by atoms with E-state index in [0.717, 1.165) is 5.56 Å². The summed E-state index contributed by atoms with van der Waals surface area (Å²) in [6.45, 7) is 13.8. The van der Waals surface area contributed by atoms with Gasteiger partial charge in [-0.1, -0.05) is 56.2 Å². The Morgan fingerprint density at radius 2 is 1.83 bits per heavy atom. The van der Waals surface area contributed by atoms with Crippen LogP contribution >= 0.6 is 0 Å². The molecule has 1 aromatic rings. The SMILES string of the molecule is CC[C@H]1OC(=O)[C@H](C)C(=O)[C@H](C)[C@@H](O[C@@H]2O[C@H](C)CC(N)C2O)[C@](C)(OC)C[C@@H](C)CN[C@H](Cc2ccccc2)[C@H]2N(CCCCN=[N+]=[N-])C(=O)O[C@]12C. The molecule has 1 amide bonds. The maximum atomic E-state index is 14.3. The number of carbonyl (C=O) groups excluding carboxylic acids is 3. The topological polar surface area (TPSA) is 208 Å². The van der Waals surface area contributed by atoms with Gasteiger partial charge in [0.2, 0.25) is 0 Å². The molecule has 3 aliphatic rings. The average molecular weight is 759 g/mol. The van der Waals surface area contributed by atoms with Crippen LogP contribution < -0.4 is 11.1 Å². The lowest BCUT2D eigenvalue weighted by Gasteiger charge is -2.45. The van der Waals surface area contributed by atoms with Crippen molar-refractivity contribution < 1.29 is 43.2 Å². The number of nitrogens with zero attached hydrogens (tertiary/aromatic N) is 4. The third kappa shape index (κ3) is 9.92. The zero-order valence-corrected chi connectivity index (χ0v) is 33.2. The Bertz CT molecular complexity index is 1460. The molecule has 3 aliphatic heterocycles. The molecule has 3 saturated heterocycles. The van der Waals surface area contributed by atoms with Crippen LogP contribution in [0.1, 0.15) is 86.1 Å². The molecule has 15 heteroatoms. The van der Waals surface area contributed by atoms with E-state index in [4.69, 9.17) is 34.9 Å². The van der Waals surface area contributed by atoms with Gasteiger partial charge in [-0.3, -0.25) is 14.5 Å². The summed E-state index contributed by atoms with van der Waals surface area (Å²) in [5.74, 6) is -3.35. The number of unbranched alkanes of at least 4 members (excludes halogenated alkanes) is 1. The van der Waals surface area contributed by atoms with Gasteiger partial charge in [0, 0.05) is 43.1 Å². The molecule has 4 rings (SSSR count). The number of fused-ring (bicyclic) bond motifs is 1. The molecule has 302 valence electrons. The first-order chi connectivity index (χ1) is 25.6. The predicted molar refractivity (Wildman–Crippen MR) is 201 cm³/mol. The van der Waals surface area contributed by atoms with Crippen LogP contribution in [0.2, 0.25) is 0 Å². The number of aliphatic hydroxyl groups is 1. The Balaban J connectivity index is 1.79.